The van der Waals surface area contributed by atoms with Gasteiger partial charge in [0, 0.05) is 12.2 Å². The number of aliphatic carboxylic acids is 1. The van der Waals surface area contributed by atoms with Gasteiger partial charge in [0.25, 0.3) is 0 Å². The van der Waals surface area contributed by atoms with Gasteiger partial charge in [0.05, 0.1) is 6.42 Å². The number of carbonyl (C=O) groups is 2. The first-order valence-corrected chi connectivity index (χ1v) is 6.99. The third-order valence-corrected chi connectivity index (χ3v) is 3.34. The summed E-state index contributed by atoms with van der Waals surface area (Å²) in [7, 11) is 0. The summed E-state index contributed by atoms with van der Waals surface area (Å²) in [4.78, 5) is 22.2. The minimum absolute atomic E-state index is 0.00631. The van der Waals surface area contributed by atoms with E-state index in [-0.39, 0.29) is 12.5 Å². The number of hydrogen-bond donors (Lipinski definition) is 3. The lowest BCUT2D eigenvalue weighted by Crippen LogP contribution is -2.29. The summed E-state index contributed by atoms with van der Waals surface area (Å²) in [6, 6.07) is 6.62. The summed E-state index contributed by atoms with van der Waals surface area (Å²) < 4.78 is 0. The normalized spacial score (nSPS) is 13.8. The number of anilines is 1. The molecule has 0 aliphatic heterocycles. The zero-order chi connectivity index (χ0) is 14.4. The predicted molar refractivity (Wildman–Crippen MR) is 76.8 cm³/mol. The van der Waals surface area contributed by atoms with Crippen LogP contribution >= 0.6 is 0 Å². The molecule has 108 valence electrons. The fourth-order valence-electron chi connectivity index (χ4n) is 2.06. The average Bonchev–Trinajstić information content (AvgIpc) is 3.21. The number of amides is 2. The zero-order valence-corrected chi connectivity index (χ0v) is 11.4. The van der Waals surface area contributed by atoms with Crippen molar-refractivity contribution in [3.05, 3.63) is 29.8 Å². The van der Waals surface area contributed by atoms with E-state index in [0.717, 1.165) is 12.3 Å². The van der Waals surface area contributed by atoms with E-state index in [4.69, 9.17) is 5.11 Å². The number of carboxylic acids is 1. The van der Waals surface area contributed by atoms with Gasteiger partial charge in [-0.2, -0.15) is 0 Å². The summed E-state index contributed by atoms with van der Waals surface area (Å²) in [5, 5.41) is 14.2. The van der Waals surface area contributed by atoms with Gasteiger partial charge in [-0.05, 0) is 36.5 Å². The topological polar surface area (TPSA) is 78.4 Å². The van der Waals surface area contributed by atoms with Gasteiger partial charge >= 0.3 is 12.0 Å². The van der Waals surface area contributed by atoms with Crippen LogP contribution in [0.4, 0.5) is 10.5 Å². The quantitative estimate of drug-likeness (QED) is 0.670. The molecule has 0 aromatic heterocycles. The molecule has 1 aliphatic carbocycles. The van der Waals surface area contributed by atoms with Crippen molar-refractivity contribution in [3.8, 4) is 0 Å². The van der Waals surface area contributed by atoms with Crippen molar-refractivity contribution in [2.45, 2.75) is 32.1 Å². The van der Waals surface area contributed by atoms with Crippen LogP contribution in [-0.4, -0.2) is 23.7 Å². The highest BCUT2D eigenvalue weighted by Crippen LogP contribution is 2.33. The zero-order valence-electron chi connectivity index (χ0n) is 11.4. The molecule has 2 rings (SSSR count). The first-order valence-electron chi connectivity index (χ1n) is 6.99. The van der Waals surface area contributed by atoms with Gasteiger partial charge in [-0.1, -0.05) is 25.0 Å². The smallest absolute Gasteiger partial charge is 0.319 e. The Morgan fingerprint density at radius 1 is 1.20 bits per heavy atom. The van der Waals surface area contributed by atoms with Gasteiger partial charge < -0.3 is 15.7 Å². The highest BCUT2D eigenvalue weighted by atomic mass is 16.4. The molecule has 0 spiro atoms. The lowest BCUT2D eigenvalue weighted by atomic mass is 10.1. The molecule has 1 saturated carbocycles. The Hall–Kier alpha value is -2.04. The lowest BCUT2D eigenvalue weighted by Gasteiger charge is -2.08. The fourth-order valence-corrected chi connectivity index (χ4v) is 2.06. The van der Waals surface area contributed by atoms with Crippen molar-refractivity contribution in [3.63, 3.8) is 0 Å². The molecule has 2 amide bonds. The summed E-state index contributed by atoms with van der Waals surface area (Å²) in [6.45, 7) is 0.694. The van der Waals surface area contributed by atoms with Crippen molar-refractivity contribution in [2.75, 3.05) is 11.9 Å². The van der Waals surface area contributed by atoms with Crippen LogP contribution < -0.4 is 10.6 Å². The molecule has 1 aromatic carbocycles. The molecule has 5 nitrogen and oxygen atoms in total. The van der Waals surface area contributed by atoms with Crippen LogP contribution in [0.1, 0.15) is 31.2 Å². The second kappa shape index (κ2) is 6.93. The SMILES string of the molecule is O=C(O)Cc1ccc(NC(=O)NCCCC2CC2)cc1. The fraction of sp³-hybridized carbons (Fsp3) is 0.467. The van der Waals surface area contributed by atoms with E-state index in [0.29, 0.717) is 17.8 Å². The van der Waals surface area contributed by atoms with Crippen molar-refractivity contribution >= 4 is 17.7 Å². The summed E-state index contributed by atoms with van der Waals surface area (Å²) in [5.74, 6) is 0.0285. The van der Waals surface area contributed by atoms with E-state index < -0.39 is 5.97 Å². The first-order chi connectivity index (χ1) is 9.63. The Bertz CT molecular complexity index is 467. The molecule has 0 saturated heterocycles. The molecule has 0 heterocycles. The molecule has 3 N–H and O–H groups in total. The molecule has 0 atom stereocenters. The number of carboxylic acid groups (broad SMARTS) is 1. The molecule has 1 aliphatic rings. The average molecular weight is 276 g/mol. The van der Waals surface area contributed by atoms with E-state index >= 15 is 0 Å². The highest BCUT2D eigenvalue weighted by molar-refractivity contribution is 5.89. The monoisotopic (exact) mass is 276 g/mol. The highest BCUT2D eigenvalue weighted by Gasteiger charge is 2.20. The van der Waals surface area contributed by atoms with Gasteiger partial charge in [0.15, 0.2) is 0 Å². The van der Waals surface area contributed by atoms with Crippen LogP contribution in [0, 0.1) is 5.92 Å². The minimum Gasteiger partial charge on any atom is -0.481 e. The maximum Gasteiger partial charge on any atom is 0.319 e. The maximum absolute atomic E-state index is 11.6. The molecule has 0 radical (unpaired) electrons. The largest absolute Gasteiger partial charge is 0.481 e. The van der Waals surface area contributed by atoms with E-state index in [1.165, 1.54) is 19.3 Å². The molecule has 1 fully saturated rings. The van der Waals surface area contributed by atoms with Crippen molar-refractivity contribution < 1.29 is 14.7 Å². The van der Waals surface area contributed by atoms with Crippen molar-refractivity contribution in [1.29, 1.82) is 0 Å². The van der Waals surface area contributed by atoms with E-state index in [1.807, 2.05) is 0 Å². The number of benzene rings is 1. The number of urea groups is 1. The van der Waals surface area contributed by atoms with Gasteiger partial charge in [-0.15, -0.1) is 0 Å². The van der Waals surface area contributed by atoms with Crippen molar-refractivity contribution in [2.24, 2.45) is 5.92 Å². The Balaban J connectivity index is 1.68. The lowest BCUT2D eigenvalue weighted by molar-refractivity contribution is -0.136. The Morgan fingerprint density at radius 2 is 1.90 bits per heavy atom. The number of hydrogen-bond acceptors (Lipinski definition) is 2. The van der Waals surface area contributed by atoms with E-state index in [2.05, 4.69) is 10.6 Å². The first kappa shape index (κ1) is 14.4. The van der Waals surface area contributed by atoms with Gasteiger partial charge in [-0.3, -0.25) is 4.79 Å². The molecule has 0 unspecified atom stereocenters. The molecule has 1 aromatic rings. The Morgan fingerprint density at radius 3 is 2.50 bits per heavy atom. The van der Waals surface area contributed by atoms with Gasteiger partial charge in [-0.25, -0.2) is 4.79 Å². The molecular formula is C15H20N2O3. The van der Waals surface area contributed by atoms with E-state index in [1.54, 1.807) is 24.3 Å². The number of carbonyl (C=O) groups excluding carboxylic acids is 1. The van der Waals surface area contributed by atoms with Gasteiger partial charge in [0.2, 0.25) is 0 Å². The Kier molecular flexibility index (Phi) is 4.98. The van der Waals surface area contributed by atoms with E-state index in [9.17, 15) is 9.59 Å². The maximum atomic E-state index is 11.6. The van der Waals surface area contributed by atoms with Crippen LogP contribution in [0.2, 0.25) is 0 Å². The van der Waals surface area contributed by atoms with Crippen LogP contribution in [0.3, 0.4) is 0 Å². The summed E-state index contributed by atoms with van der Waals surface area (Å²) in [5.41, 5.74) is 1.38. The third kappa shape index (κ3) is 5.30. The summed E-state index contributed by atoms with van der Waals surface area (Å²) >= 11 is 0. The number of rotatable bonds is 7. The van der Waals surface area contributed by atoms with Crippen LogP contribution in [0.25, 0.3) is 0 Å². The van der Waals surface area contributed by atoms with Gasteiger partial charge in [0.1, 0.15) is 0 Å². The van der Waals surface area contributed by atoms with Crippen LogP contribution in [0.15, 0.2) is 24.3 Å². The van der Waals surface area contributed by atoms with Crippen molar-refractivity contribution in [1.82, 2.24) is 5.32 Å². The molecular weight excluding hydrogens is 256 g/mol. The predicted octanol–water partition coefficient (Wildman–Crippen LogP) is 2.63. The second-order valence-electron chi connectivity index (χ2n) is 5.23. The molecule has 0 bridgehead atoms. The van der Waals surface area contributed by atoms with Crippen LogP contribution in [-0.2, 0) is 11.2 Å². The third-order valence-electron chi connectivity index (χ3n) is 3.34. The molecule has 20 heavy (non-hydrogen) atoms. The Labute approximate surface area is 118 Å². The standard InChI is InChI=1S/C15H20N2O3/c18-14(19)10-12-5-7-13(8-6-12)17-15(20)16-9-1-2-11-3-4-11/h5-8,11H,1-4,9-10H2,(H,18,19)(H2,16,17,20). The number of nitrogens with one attached hydrogen (secondary N) is 2. The van der Waals surface area contributed by atoms with Crippen LogP contribution in [0.5, 0.6) is 0 Å². The minimum atomic E-state index is -0.862. The summed E-state index contributed by atoms with van der Waals surface area (Å²) in [6.07, 6.45) is 4.90. The second-order valence-corrected chi connectivity index (χ2v) is 5.23. The molecule has 5 heteroatoms.